The van der Waals surface area contributed by atoms with Gasteiger partial charge in [-0.15, -0.1) is 0 Å². The van der Waals surface area contributed by atoms with Crippen LogP contribution in [0.2, 0.25) is 5.02 Å². The summed E-state index contributed by atoms with van der Waals surface area (Å²) >= 11 is 11.9. The number of hydrogen-bond donors (Lipinski definition) is 2. The number of halogens is 1. The van der Waals surface area contributed by atoms with Crippen LogP contribution in [0.15, 0.2) is 36.4 Å². The molecule has 0 amide bonds. The van der Waals surface area contributed by atoms with Gasteiger partial charge in [-0.05, 0) is 66.9 Å². The van der Waals surface area contributed by atoms with Crippen molar-refractivity contribution in [3.8, 4) is 5.75 Å². The highest BCUT2D eigenvalue weighted by Gasteiger charge is 2.18. The van der Waals surface area contributed by atoms with E-state index in [1.54, 1.807) is 7.11 Å². The molecule has 2 aromatic carbocycles. The Morgan fingerprint density at radius 3 is 2.28 bits per heavy atom. The maximum atomic E-state index is 6.36. The lowest BCUT2D eigenvalue weighted by molar-refractivity contribution is 0.413. The molecule has 0 fully saturated rings. The van der Waals surface area contributed by atoms with Gasteiger partial charge in [0.25, 0.3) is 0 Å². The molecule has 0 unspecified atom stereocenters. The van der Waals surface area contributed by atoms with E-state index in [-0.39, 0.29) is 6.04 Å². The van der Waals surface area contributed by atoms with E-state index in [0.717, 1.165) is 28.1 Å². The zero-order valence-corrected chi connectivity index (χ0v) is 16.9. The van der Waals surface area contributed by atoms with Crippen LogP contribution in [-0.2, 0) is 0 Å². The summed E-state index contributed by atoms with van der Waals surface area (Å²) in [4.78, 5) is 0. The van der Waals surface area contributed by atoms with E-state index in [0.29, 0.717) is 16.1 Å². The summed E-state index contributed by atoms with van der Waals surface area (Å²) in [7, 11) is 1.67. The molecule has 2 aromatic rings. The topological polar surface area (TPSA) is 33.3 Å². The van der Waals surface area contributed by atoms with Crippen molar-refractivity contribution in [2.45, 2.75) is 33.7 Å². The number of hydrogen-bond acceptors (Lipinski definition) is 2. The van der Waals surface area contributed by atoms with E-state index in [9.17, 15) is 0 Å². The highest BCUT2D eigenvalue weighted by molar-refractivity contribution is 7.80. The quantitative estimate of drug-likeness (QED) is 0.660. The van der Waals surface area contributed by atoms with Crippen LogP contribution in [0.5, 0.6) is 5.75 Å². The number of methoxy groups -OCH3 is 1. The van der Waals surface area contributed by atoms with Gasteiger partial charge in [0.2, 0.25) is 0 Å². The lowest BCUT2D eigenvalue weighted by atomic mass is 9.96. The van der Waals surface area contributed by atoms with Crippen molar-refractivity contribution >= 4 is 34.6 Å². The van der Waals surface area contributed by atoms with Gasteiger partial charge in [-0.2, -0.15) is 0 Å². The molecule has 0 spiro atoms. The normalized spacial score (nSPS) is 12.0. The molecule has 0 aromatic heterocycles. The number of benzene rings is 2. The van der Waals surface area contributed by atoms with Gasteiger partial charge < -0.3 is 15.4 Å². The fourth-order valence-corrected chi connectivity index (χ4v) is 3.41. The SMILES string of the molecule is COc1ccc([C@@H](NC(=S)Nc2c(C)cc(C)cc2Cl)C(C)C)cc1. The molecule has 0 radical (unpaired) electrons. The smallest absolute Gasteiger partial charge is 0.171 e. The minimum Gasteiger partial charge on any atom is -0.497 e. The zero-order chi connectivity index (χ0) is 18.6. The molecule has 2 rings (SSSR count). The molecule has 0 saturated carbocycles. The van der Waals surface area contributed by atoms with Crippen LogP contribution in [0.1, 0.15) is 36.6 Å². The second kappa shape index (κ2) is 8.54. The maximum absolute atomic E-state index is 6.36. The minimum atomic E-state index is 0.0930. The Morgan fingerprint density at radius 1 is 1.12 bits per heavy atom. The van der Waals surface area contributed by atoms with Crippen molar-refractivity contribution in [3.05, 3.63) is 58.1 Å². The number of aryl methyl sites for hydroxylation is 2. The minimum absolute atomic E-state index is 0.0930. The van der Waals surface area contributed by atoms with Crippen molar-refractivity contribution in [2.24, 2.45) is 5.92 Å². The molecule has 0 aliphatic heterocycles. The monoisotopic (exact) mass is 376 g/mol. The van der Waals surface area contributed by atoms with Crippen LogP contribution in [-0.4, -0.2) is 12.2 Å². The average molecular weight is 377 g/mol. The van der Waals surface area contributed by atoms with Crippen molar-refractivity contribution in [3.63, 3.8) is 0 Å². The predicted octanol–water partition coefficient (Wildman–Crippen LogP) is 5.65. The summed E-state index contributed by atoms with van der Waals surface area (Å²) in [6, 6.07) is 12.2. The molecule has 0 saturated heterocycles. The molecule has 0 aliphatic carbocycles. The standard InChI is InChI=1S/C20H25ClN2OS/c1-12(2)18(15-6-8-16(24-5)9-7-15)22-20(25)23-19-14(4)10-13(3)11-17(19)21/h6-12,18H,1-5H3,(H2,22,23,25)/t18-/m0/s1. The van der Waals surface area contributed by atoms with Gasteiger partial charge in [-0.1, -0.05) is 43.6 Å². The molecule has 0 bridgehead atoms. The average Bonchev–Trinajstić information content (AvgIpc) is 2.56. The molecule has 5 heteroatoms. The van der Waals surface area contributed by atoms with E-state index in [1.165, 1.54) is 0 Å². The van der Waals surface area contributed by atoms with Gasteiger partial charge in [0.1, 0.15) is 5.75 Å². The Balaban J connectivity index is 2.15. The fourth-order valence-electron chi connectivity index (χ4n) is 2.81. The Bertz CT molecular complexity index is 721. The first-order valence-electron chi connectivity index (χ1n) is 8.30. The number of rotatable bonds is 5. The van der Waals surface area contributed by atoms with Gasteiger partial charge in [-0.3, -0.25) is 0 Å². The first kappa shape index (κ1) is 19.5. The van der Waals surface area contributed by atoms with Gasteiger partial charge >= 0.3 is 0 Å². The molecule has 25 heavy (non-hydrogen) atoms. The highest BCUT2D eigenvalue weighted by atomic mass is 35.5. The number of nitrogens with one attached hydrogen (secondary N) is 2. The Kier molecular flexibility index (Phi) is 6.68. The first-order valence-corrected chi connectivity index (χ1v) is 9.08. The second-order valence-corrected chi connectivity index (χ2v) is 7.35. The number of thiocarbonyl (C=S) groups is 1. The summed E-state index contributed by atoms with van der Waals surface area (Å²) in [5.41, 5.74) is 4.21. The molecule has 0 heterocycles. The van der Waals surface area contributed by atoms with Crippen molar-refractivity contribution in [1.82, 2.24) is 5.32 Å². The molecule has 1 atom stereocenters. The van der Waals surface area contributed by atoms with Gasteiger partial charge in [-0.25, -0.2) is 0 Å². The summed E-state index contributed by atoms with van der Waals surface area (Å²) in [6.07, 6.45) is 0. The highest BCUT2D eigenvalue weighted by Crippen LogP contribution is 2.28. The summed E-state index contributed by atoms with van der Waals surface area (Å²) in [6.45, 7) is 8.37. The van der Waals surface area contributed by atoms with Crippen LogP contribution in [0.4, 0.5) is 5.69 Å². The second-order valence-electron chi connectivity index (χ2n) is 6.53. The lowest BCUT2D eigenvalue weighted by Crippen LogP contribution is -2.35. The third-order valence-corrected chi connectivity index (χ3v) is 4.62. The summed E-state index contributed by atoms with van der Waals surface area (Å²) < 4.78 is 5.23. The summed E-state index contributed by atoms with van der Waals surface area (Å²) in [5, 5.41) is 7.89. The Labute approximate surface area is 160 Å². The maximum Gasteiger partial charge on any atom is 0.171 e. The van der Waals surface area contributed by atoms with E-state index in [1.807, 2.05) is 32.0 Å². The predicted molar refractivity (Wildman–Crippen MR) is 111 cm³/mol. The first-order chi connectivity index (χ1) is 11.8. The fraction of sp³-hybridized carbons (Fsp3) is 0.350. The number of anilines is 1. The lowest BCUT2D eigenvalue weighted by Gasteiger charge is -2.25. The van der Waals surface area contributed by atoms with Crippen LogP contribution >= 0.6 is 23.8 Å². The largest absolute Gasteiger partial charge is 0.497 e. The Hall–Kier alpha value is -1.78. The van der Waals surface area contributed by atoms with E-state index in [2.05, 4.69) is 42.7 Å². The van der Waals surface area contributed by atoms with Crippen LogP contribution in [0.25, 0.3) is 0 Å². The zero-order valence-electron chi connectivity index (χ0n) is 15.3. The Morgan fingerprint density at radius 2 is 1.76 bits per heavy atom. The van der Waals surface area contributed by atoms with Crippen molar-refractivity contribution < 1.29 is 4.74 Å². The van der Waals surface area contributed by atoms with Gasteiger partial charge in [0.05, 0.1) is 23.9 Å². The molecule has 134 valence electrons. The number of ether oxygens (including phenoxy) is 1. The molecular weight excluding hydrogens is 352 g/mol. The molecule has 3 nitrogen and oxygen atoms in total. The van der Waals surface area contributed by atoms with Gasteiger partial charge in [0, 0.05) is 0 Å². The van der Waals surface area contributed by atoms with Crippen LogP contribution in [0, 0.1) is 19.8 Å². The van der Waals surface area contributed by atoms with Gasteiger partial charge in [0.15, 0.2) is 5.11 Å². The third kappa shape index (κ3) is 5.10. The molecule has 2 N–H and O–H groups in total. The van der Waals surface area contributed by atoms with E-state index >= 15 is 0 Å². The molecule has 0 aliphatic rings. The van der Waals surface area contributed by atoms with E-state index in [4.69, 9.17) is 28.6 Å². The summed E-state index contributed by atoms with van der Waals surface area (Å²) in [5.74, 6) is 1.21. The van der Waals surface area contributed by atoms with Crippen molar-refractivity contribution in [2.75, 3.05) is 12.4 Å². The van der Waals surface area contributed by atoms with E-state index < -0.39 is 0 Å². The third-order valence-electron chi connectivity index (χ3n) is 4.10. The molecular formula is C20H25ClN2OS. The van der Waals surface area contributed by atoms with Crippen molar-refractivity contribution in [1.29, 1.82) is 0 Å². The van der Waals surface area contributed by atoms with Crippen LogP contribution in [0.3, 0.4) is 0 Å². The van der Waals surface area contributed by atoms with Crippen LogP contribution < -0.4 is 15.4 Å².